The topological polar surface area (TPSA) is 26.3 Å². The van der Waals surface area contributed by atoms with E-state index < -0.39 is 6.10 Å². The highest BCUT2D eigenvalue weighted by molar-refractivity contribution is 6.00. The Bertz CT molecular complexity index is 548. The summed E-state index contributed by atoms with van der Waals surface area (Å²) < 4.78 is 5.94. The summed E-state index contributed by atoms with van der Waals surface area (Å²) in [5.74, 6) is 0.0299. The van der Waals surface area contributed by atoms with Crippen molar-refractivity contribution in [1.82, 2.24) is 0 Å². The van der Waals surface area contributed by atoms with E-state index in [0.717, 1.165) is 18.4 Å². The molecule has 2 heteroatoms. The number of Topliss-reactive ketones (excluding diaryl/α,β-unsaturated/α-hetero) is 1. The third kappa shape index (κ3) is 4.81. The molecular formula is C20H24O2. The van der Waals surface area contributed by atoms with Gasteiger partial charge in [0.05, 0.1) is 0 Å². The lowest BCUT2D eigenvalue weighted by Gasteiger charge is -2.17. The molecule has 0 spiro atoms. The molecule has 0 aliphatic carbocycles. The summed E-state index contributed by atoms with van der Waals surface area (Å²) in [6.07, 6.45) is 4.05. The minimum atomic E-state index is -0.509. The fraction of sp³-hybridized carbons (Fsp3) is 0.350. The minimum Gasteiger partial charge on any atom is -0.365 e. The van der Waals surface area contributed by atoms with Crippen LogP contribution in [0, 0.1) is 0 Å². The average Bonchev–Trinajstić information content (AvgIpc) is 2.59. The molecule has 2 aromatic carbocycles. The molecule has 0 bridgehead atoms. The van der Waals surface area contributed by atoms with Crippen LogP contribution >= 0.6 is 0 Å². The molecule has 1 atom stereocenters. The number of unbranched alkanes of at least 4 members (excludes halogenated alkanes) is 3. The Labute approximate surface area is 133 Å². The molecule has 2 aromatic rings. The zero-order chi connectivity index (χ0) is 15.6. The molecule has 0 aliphatic heterocycles. The Hall–Kier alpha value is -1.93. The highest BCUT2D eigenvalue weighted by atomic mass is 16.5. The molecule has 0 amide bonds. The van der Waals surface area contributed by atoms with Gasteiger partial charge in [-0.1, -0.05) is 86.8 Å². The summed E-state index contributed by atoms with van der Waals surface area (Å²) in [6.45, 7) is 2.81. The number of hydrogen-bond acceptors (Lipinski definition) is 2. The lowest BCUT2D eigenvalue weighted by Crippen LogP contribution is -2.17. The maximum absolute atomic E-state index is 12.7. The maximum Gasteiger partial charge on any atom is 0.196 e. The molecule has 0 radical (unpaired) electrons. The van der Waals surface area contributed by atoms with Crippen LogP contribution in [0.3, 0.4) is 0 Å². The van der Waals surface area contributed by atoms with Gasteiger partial charge in [-0.05, 0) is 12.0 Å². The molecule has 0 aliphatic rings. The first-order valence-electron chi connectivity index (χ1n) is 8.08. The van der Waals surface area contributed by atoms with Gasteiger partial charge in [0.1, 0.15) is 6.10 Å². The van der Waals surface area contributed by atoms with Gasteiger partial charge in [-0.3, -0.25) is 4.79 Å². The van der Waals surface area contributed by atoms with Crippen LogP contribution in [-0.4, -0.2) is 12.4 Å². The van der Waals surface area contributed by atoms with Crippen molar-refractivity contribution in [3.8, 4) is 0 Å². The van der Waals surface area contributed by atoms with E-state index in [1.54, 1.807) is 0 Å². The molecule has 2 nitrogen and oxygen atoms in total. The third-order valence-electron chi connectivity index (χ3n) is 3.68. The van der Waals surface area contributed by atoms with Crippen molar-refractivity contribution in [3.05, 3.63) is 71.8 Å². The van der Waals surface area contributed by atoms with E-state index in [1.165, 1.54) is 12.8 Å². The summed E-state index contributed by atoms with van der Waals surface area (Å²) in [5.41, 5.74) is 1.62. The Balaban J connectivity index is 2.07. The van der Waals surface area contributed by atoms with Crippen molar-refractivity contribution in [2.75, 3.05) is 6.61 Å². The largest absolute Gasteiger partial charge is 0.365 e. The molecule has 116 valence electrons. The van der Waals surface area contributed by atoms with Crippen LogP contribution in [0.5, 0.6) is 0 Å². The zero-order valence-corrected chi connectivity index (χ0v) is 13.2. The number of hydrogen-bond donors (Lipinski definition) is 0. The molecule has 0 heterocycles. The predicted molar refractivity (Wildman–Crippen MR) is 90.0 cm³/mol. The SMILES string of the molecule is CCCCCCO[C@H](C(=O)c1ccccc1)c1ccccc1. The van der Waals surface area contributed by atoms with Gasteiger partial charge in [0.2, 0.25) is 0 Å². The first kappa shape index (κ1) is 16.4. The molecule has 0 aromatic heterocycles. The van der Waals surface area contributed by atoms with Gasteiger partial charge in [-0.2, -0.15) is 0 Å². The van der Waals surface area contributed by atoms with E-state index in [2.05, 4.69) is 6.92 Å². The molecule has 0 fully saturated rings. The van der Waals surface area contributed by atoms with Crippen LogP contribution in [0.25, 0.3) is 0 Å². The first-order chi connectivity index (χ1) is 10.8. The molecule has 2 rings (SSSR count). The third-order valence-corrected chi connectivity index (χ3v) is 3.68. The number of ketones is 1. The second kappa shape index (κ2) is 9.16. The fourth-order valence-corrected chi connectivity index (χ4v) is 2.43. The number of rotatable bonds is 9. The Morgan fingerprint density at radius 3 is 2.18 bits per heavy atom. The number of carbonyl (C=O) groups is 1. The molecule has 0 saturated heterocycles. The average molecular weight is 296 g/mol. The molecule has 0 N–H and O–H groups in total. The van der Waals surface area contributed by atoms with E-state index >= 15 is 0 Å². The fourth-order valence-electron chi connectivity index (χ4n) is 2.43. The van der Waals surface area contributed by atoms with Gasteiger partial charge in [0.25, 0.3) is 0 Å². The van der Waals surface area contributed by atoms with Crippen molar-refractivity contribution in [2.45, 2.75) is 38.7 Å². The molecule has 0 unspecified atom stereocenters. The van der Waals surface area contributed by atoms with Crippen LogP contribution in [-0.2, 0) is 4.74 Å². The van der Waals surface area contributed by atoms with Crippen LogP contribution < -0.4 is 0 Å². The summed E-state index contributed by atoms with van der Waals surface area (Å²) in [4.78, 5) is 12.7. The second-order valence-corrected chi connectivity index (χ2v) is 5.45. The normalized spacial score (nSPS) is 12.0. The van der Waals surface area contributed by atoms with E-state index in [1.807, 2.05) is 60.7 Å². The van der Waals surface area contributed by atoms with Crippen molar-refractivity contribution in [1.29, 1.82) is 0 Å². The quantitative estimate of drug-likeness (QED) is 0.469. The number of benzene rings is 2. The van der Waals surface area contributed by atoms with Gasteiger partial charge in [0.15, 0.2) is 5.78 Å². The monoisotopic (exact) mass is 296 g/mol. The maximum atomic E-state index is 12.7. The molecule has 0 saturated carbocycles. The van der Waals surface area contributed by atoms with E-state index in [9.17, 15) is 4.79 Å². The Morgan fingerprint density at radius 2 is 1.55 bits per heavy atom. The smallest absolute Gasteiger partial charge is 0.196 e. The van der Waals surface area contributed by atoms with Crippen molar-refractivity contribution < 1.29 is 9.53 Å². The summed E-state index contributed by atoms with van der Waals surface area (Å²) in [7, 11) is 0. The lowest BCUT2D eigenvalue weighted by atomic mass is 10.00. The van der Waals surface area contributed by atoms with Gasteiger partial charge in [-0.15, -0.1) is 0 Å². The van der Waals surface area contributed by atoms with Crippen LogP contribution in [0.4, 0.5) is 0 Å². The highest BCUT2D eigenvalue weighted by Crippen LogP contribution is 2.23. The summed E-state index contributed by atoms with van der Waals surface area (Å²) in [6, 6.07) is 19.1. The van der Waals surface area contributed by atoms with Crippen molar-refractivity contribution in [3.63, 3.8) is 0 Å². The zero-order valence-electron chi connectivity index (χ0n) is 13.2. The molecule has 22 heavy (non-hydrogen) atoms. The summed E-state index contributed by atoms with van der Waals surface area (Å²) in [5, 5.41) is 0. The van der Waals surface area contributed by atoms with Crippen LogP contribution in [0.15, 0.2) is 60.7 Å². The second-order valence-electron chi connectivity index (χ2n) is 5.45. The van der Waals surface area contributed by atoms with Crippen LogP contribution in [0.2, 0.25) is 0 Å². The van der Waals surface area contributed by atoms with E-state index in [-0.39, 0.29) is 5.78 Å². The first-order valence-corrected chi connectivity index (χ1v) is 8.08. The van der Waals surface area contributed by atoms with E-state index in [4.69, 9.17) is 4.74 Å². The standard InChI is InChI=1S/C20H24O2/c1-2-3-4-11-16-22-20(18-14-9-6-10-15-18)19(21)17-12-7-5-8-13-17/h5-10,12-15,20H,2-4,11,16H2,1H3/t20-/m0/s1. The van der Waals surface area contributed by atoms with E-state index in [0.29, 0.717) is 12.2 Å². The number of carbonyl (C=O) groups excluding carboxylic acids is 1. The lowest BCUT2D eigenvalue weighted by molar-refractivity contribution is 0.0391. The minimum absolute atomic E-state index is 0.0299. The Kier molecular flexibility index (Phi) is 6.85. The van der Waals surface area contributed by atoms with Crippen LogP contribution in [0.1, 0.15) is 54.6 Å². The Morgan fingerprint density at radius 1 is 0.909 bits per heavy atom. The molecular weight excluding hydrogens is 272 g/mol. The van der Waals surface area contributed by atoms with Gasteiger partial charge < -0.3 is 4.74 Å². The summed E-state index contributed by atoms with van der Waals surface area (Å²) >= 11 is 0. The van der Waals surface area contributed by atoms with Crippen molar-refractivity contribution >= 4 is 5.78 Å². The number of ether oxygens (including phenoxy) is 1. The van der Waals surface area contributed by atoms with Gasteiger partial charge in [-0.25, -0.2) is 0 Å². The van der Waals surface area contributed by atoms with Crippen molar-refractivity contribution in [2.24, 2.45) is 0 Å². The predicted octanol–water partition coefficient (Wildman–Crippen LogP) is 5.21. The van der Waals surface area contributed by atoms with Gasteiger partial charge in [0, 0.05) is 12.2 Å². The van der Waals surface area contributed by atoms with Gasteiger partial charge >= 0.3 is 0 Å². The highest BCUT2D eigenvalue weighted by Gasteiger charge is 2.22.